The molecule has 2 heterocycles. The van der Waals surface area contributed by atoms with Crippen LogP contribution in [0.4, 0.5) is 0 Å². The minimum absolute atomic E-state index is 0.588. The lowest BCUT2D eigenvalue weighted by atomic mass is 9.98. The number of fused-ring (bicyclic) bond motifs is 1. The van der Waals surface area contributed by atoms with Crippen molar-refractivity contribution in [3.63, 3.8) is 0 Å². The zero-order chi connectivity index (χ0) is 17.4. The molecule has 0 aliphatic carbocycles. The summed E-state index contributed by atoms with van der Waals surface area (Å²) in [7, 11) is 0. The third-order valence-corrected chi connectivity index (χ3v) is 4.88. The fourth-order valence-corrected chi connectivity index (χ4v) is 3.44. The van der Waals surface area contributed by atoms with Gasteiger partial charge in [-0.25, -0.2) is 9.67 Å². The molecule has 25 heavy (non-hydrogen) atoms. The first-order valence-electron chi connectivity index (χ1n) is 8.26. The van der Waals surface area contributed by atoms with Crippen LogP contribution in [-0.2, 0) is 6.42 Å². The molecule has 0 saturated carbocycles. The van der Waals surface area contributed by atoms with Crippen LogP contribution >= 0.6 is 11.6 Å². The largest absolute Gasteiger partial charge is 0.241 e. The van der Waals surface area contributed by atoms with Crippen LogP contribution in [0.3, 0.4) is 0 Å². The van der Waals surface area contributed by atoms with Gasteiger partial charge in [-0.15, -0.1) is 0 Å². The molecule has 0 aliphatic heterocycles. The Kier molecular flexibility index (Phi) is 4.02. The van der Waals surface area contributed by atoms with E-state index >= 15 is 0 Å². The van der Waals surface area contributed by atoms with Crippen LogP contribution in [0.1, 0.15) is 22.3 Å². The molecule has 0 N–H and O–H groups in total. The molecule has 0 bridgehead atoms. The second-order valence-electron chi connectivity index (χ2n) is 6.32. The SMILES string of the molecule is Cc1ccc2nc(Cl)c(Cc3ccc(-n4cccn4)cc3)c(C)c2c1. The van der Waals surface area contributed by atoms with Crippen LogP contribution in [0.2, 0.25) is 5.15 Å². The maximum Gasteiger partial charge on any atom is 0.133 e. The molecule has 3 nitrogen and oxygen atoms in total. The van der Waals surface area contributed by atoms with Gasteiger partial charge in [0.05, 0.1) is 11.2 Å². The molecule has 0 saturated heterocycles. The van der Waals surface area contributed by atoms with E-state index in [9.17, 15) is 0 Å². The lowest BCUT2D eigenvalue weighted by Crippen LogP contribution is -1.99. The summed E-state index contributed by atoms with van der Waals surface area (Å²) in [5.41, 5.74) is 6.72. The molecular formula is C21H18ClN3. The van der Waals surface area contributed by atoms with Gasteiger partial charge < -0.3 is 0 Å². The van der Waals surface area contributed by atoms with Gasteiger partial charge in [-0.2, -0.15) is 5.10 Å². The molecule has 2 aromatic heterocycles. The lowest BCUT2D eigenvalue weighted by molar-refractivity contribution is 0.879. The molecule has 0 amide bonds. The first kappa shape index (κ1) is 15.9. The lowest BCUT2D eigenvalue weighted by Gasteiger charge is -2.12. The standard InChI is InChI=1S/C21H18ClN3/c1-14-4-9-20-18(12-14)15(2)19(21(22)24-20)13-16-5-7-17(8-6-16)25-11-3-10-23-25/h3-12H,13H2,1-2H3. The highest BCUT2D eigenvalue weighted by Gasteiger charge is 2.12. The Hall–Kier alpha value is -2.65. The maximum atomic E-state index is 6.49. The van der Waals surface area contributed by atoms with Gasteiger partial charge in [-0.05, 0) is 60.9 Å². The van der Waals surface area contributed by atoms with Crippen molar-refractivity contribution in [3.8, 4) is 5.69 Å². The molecule has 0 aliphatic rings. The quantitative estimate of drug-likeness (QED) is 0.472. The molecule has 0 atom stereocenters. The van der Waals surface area contributed by atoms with E-state index in [1.807, 2.05) is 23.0 Å². The molecule has 0 fully saturated rings. The van der Waals surface area contributed by atoms with Gasteiger partial charge in [0.15, 0.2) is 0 Å². The zero-order valence-corrected chi connectivity index (χ0v) is 15.0. The minimum Gasteiger partial charge on any atom is -0.241 e. The Balaban J connectivity index is 1.70. The Morgan fingerprint density at radius 2 is 1.84 bits per heavy atom. The summed E-state index contributed by atoms with van der Waals surface area (Å²) in [5.74, 6) is 0. The molecule has 0 unspecified atom stereocenters. The second-order valence-corrected chi connectivity index (χ2v) is 6.68. The van der Waals surface area contributed by atoms with Gasteiger partial charge >= 0.3 is 0 Å². The molecular weight excluding hydrogens is 330 g/mol. The van der Waals surface area contributed by atoms with Crippen LogP contribution in [-0.4, -0.2) is 14.8 Å². The summed E-state index contributed by atoms with van der Waals surface area (Å²) >= 11 is 6.49. The van der Waals surface area contributed by atoms with E-state index in [-0.39, 0.29) is 0 Å². The Morgan fingerprint density at radius 1 is 1.04 bits per heavy atom. The van der Waals surface area contributed by atoms with Crippen molar-refractivity contribution in [2.24, 2.45) is 0 Å². The highest BCUT2D eigenvalue weighted by atomic mass is 35.5. The van der Waals surface area contributed by atoms with Crippen molar-refractivity contribution in [3.05, 3.63) is 88.3 Å². The van der Waals surface area contributed by atoms with Crippen molar-refractivity contribution >= 4 is 22.5 Å². The normalized spacial score (nSPS) is 11.2. The van der Waals surface area contributed by atoms with Gasteiger partial charge in [0.1, 0.15) is 5.15 Å². The average molecular weight is 348 g/mol. The number of nitrogens with zero attached hydrogens (tertiary/aromatic N) is 3. The van der Waals surface area contributed by atoms with Crippen molar-refractivity contribution in [1.29, 1.82) is 0 Å². The van der Waals surface area contributed by atoms with Gasteiger partial charge in [0.2, 0.25) is 0 Å². The number of rotatable bonds is 3. The predicted octanol–water partition coefficient (Wildman–Crippen LogP) is 5.28. The summed E-state index contributed by atoms with van der Waals surface area (Å²) in [6.45, 7) is 4.23. The van der Waals surface area contributed by atoms with E-state index in [4.69, 9.17) is 11.6 Å². The first-order valence-corrected chi connectivity index (χ1v) is 8.64. The molecule has 124 valence electrons. The highest BCUT2D eigenvalue weighted by Crippen LogP contribution is 2.28. The highest BCUT2D eigenvalue weighted by molar-refractivity contribution is 6.30. The Bertz CT molecular complexity index is 1040. The molecule has 0 radical (unpaired) electrons. The van der Waals surface area contributed by atoms with E-state index < -0.39 is 0 Å². The van der Waals surface area contributed by atoms with Gasteiger partial charge in [-0.1, -0.05) is 35.4 Å². The van der Waals surface area contributed by atoms with Crippen molar-refractivity contribution in [2.75, 3.05) is 0 Å². The average Bonchev–Trinajstić information content (AvgIpc) is 3.15. The van der Waals surface area contributed by atoms with Gasteiger partial charge in [0, 0.05) is 24.2 Å². The number of hydrogen-bond donors (Lipinski definition) is 0. The van der Waals surface area contributed by atoms with Crippen LogP contribution in [0, 0.1) is 13.8 Å². The van der Waals surface area contributed by atoms with E-state index in [2.05, 4.69) is 60.3 Å². The summed E-state index contributed by atoms with van der Waals surface area (Å²) in [6.07, 6.45) is 4.48. The van der Waals surface area contributed by atoms with E-state index in [0.29, 0.717) is 5.15 Å². The maximum absolute atomic E-state index is 6.49. The third kappa shape index (κ3) is 3.03. The minimum atomic E-state index is 0.588. The van der Waals surface area contributed by atoms with E-state index in [0.717, 1.165) is 23.2 Å². The molecule has 4 aromatic rings. The number of aromatic nitrogens is 3. The van der Waals surface area contributed by atoms with Crippen molar-refractivity contribution in [1.82, 2.24) is 14.8 Å². The number of hydrogen-bond acceptors (Lipinski definition) is 2. The molecule has 4 rings (SSSR count). The van der Waals surface area contributed by atoms with E-state index in [1.54, 1.807) is 6.20 Å². The fraction of sp³-hybridized carbons (Fsp3) is 0.143. The molecule has 0 spiro atoms. The van der Waals surface area contributed by atoms with Gasteiger partial charge in [-0.3, -0.25) is 0 Å². The summed E-state index contributed by atoms with van der Waals surface area (Å²) < 4.78 is 1.85. The summed E-state index contributed by atoms with van der Waals surface area (Å²) in [4.78, 5) is 4.58. The predicted molar refractivity (Wildman–Crippen MR) is 103 cm³/mol. The van der Waals surface area contributed by atoms with Crippen LogP contribution < -0.4 is 0 Å². The fourth-order valence-electron chi connectivity index (χ4n) is 3.14. The first-order chi connectivity index (χ1) is 12.1. The van der Waals surface area contributed by atoms with Gasteiger partial charge in [0.25, 0.3) is 0 Å². The van der Waals surface area contributed by atoms with Crippen molar-refractivity contribution < 1.29 is 0 Å². The topological polar surface area (TPSA) is 30.7 Å². The van der Waals surface area contributed by atoms with Crippen LogP contribution in [0.15, 0.2) is 60.9 Å². The number of halogens is 1. The number of benzene rings is 2. The Labute approximate surface area is 151 Å². The smallest absolute Gasteiger partial charge is 0.133 e. The molecule has 4 heteroatoms. The zero-order valence-electron chi connectivity index (χ0n) is 14.2. The summed E-state index contributed by atoms with van der Waals surface area (Å²) in [6, 6.07) is 16.6. The van der Waals surface area contributed by atoms with Crippen molar-refractivity contribution in [2.45, 2.75) is 20.3 Å². The molecule has 2 aromatic carbocycles. The van der Waals surface area contributed by atoms with Crippen LogP contribution in [0.25, 0.3) is 16.6 Å². The third-order valence-electron chi connectivity index (χ3n) is 4.56. The second kappa shape index (κ2) is 6.34. The van der Waals surface area contributed by atoms with E-state index in [1.165, 1.54) is 22.1 Å². The Morgan fingerprint density at radius 3 is 2.56 bits per heavy atom. The number of aryl methyl sites for hydroxylation is 2. The summed E-state index contributed by atoms with van der Waals surface area (Å²) in [5, 5.41) is 6.02. The van der Waals surface area contributed by atoms with Crippen LogP contribution in [0.5, 0.6) is 0 Å². The monoisotopic (exact) mass is 347 g/mol. The number of pyridine rings is 1.